The molecule has 0 aromatic carbocycles. The van der Waals surface area contributed by atoms with Crippen molar-refractivity contribution in [1.29, 1.82) is 0 Å². The molecule has 0 saturated heterocycles. The highest BCUT2D eigenvalue weighted by Gasteiger charge is 1.88. The van der Waals surface area contributed by atoms with Gasteiger partial charge in [0, 0.05) is 17.3 Å². The summed E-state index contributed by atoms with van der Waals surface area (Å²) in [6, 6.07) is 0. The van der Waals surface area contributed by atoms with Gasteiger partial charge in [0.25, 0.3) is 6.67 Å². The van der Waals surface area contributed by atoms with Crippen LogP contribution in [0.3, 0.4) is 0 Å². The third kappa shape index (κ3) is 0.578. The molecule has 0 fully saturated rings. The van der Waals surface area contributed by atoms with Crippen LogP contribution in [0.4, 0.5) is 0 Å². The van der Waals surface area contributed by atoms with Crippen LogP contribution in [-0.4, -0.2) is 12.9 Å². The van der Waals surface area contributed by atoms with Gasteiger partial charge in [-0.15, -0.1) is 0 Å². The number of nitrogens with one attached hydrogen (secondary N) is 1. The molecular weight excluding hydrogens is 76.1 g/mol. The number of hydrogen-bond acceptors (Lipinski definition) is 2. The van der Waals surface area contributed by atoms with Crippen LogP contribution in [-0.2, 0) is 0 Å². The maximum Gasteiger partial charge on any atom is 0.282 e. The number of rotatable bonds is 0. The Labute approximate surface area is 36.6 Å². The Balaban J connectivity index is 2.46. The van der Waals surface area contributed by atoms with Gasteiger partial charge >= 0.3 is 0 Å². The maximum absolute atomic E-state index is 3.85. The van der Waals surface area contributed by atoms with Crippen LogP contribution in [0.5, 0.6) is 0 Å². The van der Waals surface area contributed by atoms with Gasteiger partial charge in [-0.1, -0.05) is 0 Å². The fraction of sp³-hybridized carbons (Fsp3) is 0.250. The Morgan fingerprint density at radius 3 is 2.83 bits per heavy atom. The normalized spacial score (nSPS) is 17.3. The van der Waals surface area contributed by atoms with Gasteiger partial charge < -0.3 is 5.32 Å². The summed E-state index contributed by atoms with van der Waals surface area (Å²) in [5, 5.41) is 2.91. The van der Waals surface area contributed by atoms with Crippen molar-refractivity contribution in [2.45, 2.75) is 0 Å². The van der Waals surface area contributed by atoms with E-state index >= 15 is 0 Å². The van der Waals surface area contributed by atoms with Gasteiger partial charge in [-0.25, -0.2) is 0 Å². The van der Waals surface area contributed by atoms with E-state index in [1.807, 2.05) is 12.3 Å². The largest absolute Gasteiger partial charge is 0.332 e. The first kappa shape index (κ1) is 3.40. The zero-order chi connectivity index (χ0) is 4.24. The van der Waals surface area contributed by atoms with E-state index in [-0.39, 0.29) is 0 Å². The van der Waals surface area contributed by atoms with Crippen LogP contribution in [0, 0.1) is 0 Å². The van der Waals surface area contributed by atoms with Crippen LogP contribution < -0.4 is 10.3 Å². The minimum Gasteiger partial charge on any atom is -0.332 e. The highest BCUT2D eigenvalue weighted by Crippen LogP contribution is 1.62. The predicted octanol–water partition coefficient (Wildman–Crippen LogP) is -0.533. The van der Waals surface area contributed by atoms with Crippen molar-refractivity contribution >= 4 is 6.21 Å². The zero-order valence-electron chi connectivity index (χ0n) is 3.39. The van der Waals surface area contributed by atoms with Crippen molar-refractivity contribution in [2.75, 3.05) is 6.67 Å². The Morgan fingerprint density at radius 1 is 1.67 bits per heavy atom. The summed E-state index contributed by atoms with van der Waals surface area (Å²) in [4.78, 5) is 3.85. The molecule has 0 saturated carbocycles. The molecule has 6 heavy (non-hydrogen) atoms. The summed E-state index contributed by atoms with van der Waals surface area (Å²) in [6.07, 6.45) is 5.51. The van der Waals surface area contributed by atoms with Gasteiger partial charge in [-0.3, -0.25) is 0 Å². The first-order valence-corrected chi connectivity index (χ1v) is 1.88. The molecule has 1 aliphatic rings. The third-order valence-corrected chi connectivity index (χ3v) is 0.588. The Bertz CT molecular complexity index is 71.5. The minimum atomic E-state index is 0.733. The van der Waals surface area contributed by atoms with Crippen LogP contribution >= 0.6 is 0 Å². The smallest absolute Gasteiger partial charge is 0.282 e. The molecule has 0 unspecified atom stereocenters. The Kier molecular flexibility index (Phi) is 0.906. The van der Waals surface area contributed by atoms with E-state index in [9.17, 15) is 0 Å². The molecule has 0 bridgehead atoms. The molecule has 2 heteroatoms. The van der Waals surface area contributed by atoms with Crippen molar-refractivity contribution in [1.82, 2.24) is 10.3 Å². The number of hydrogen-bond donors (Lipinski definition) is 1. The summed E-state index contributed by atoms with van der Waals surface area (Å²) in [6.45, 7) is 0.733. The molecule has 31 valence electrons. The lowest BCUT2D eigenvalue weighted by Crippen LogP contribution is -2.15. The molecule has 0 spiro atoms. The molecular formula is C4H6N2+. The zero-order valence-corrected chi connectivity index (χ0v) is 3.39. The average Bonchev–Trinajstić information content (AvgIpc) is 1.72. The SMILES string of the molecule is C1=CNC[N+]=C1. The second-order valence-electron chi connectivity index (χ2n) is 1.05. The summed E-state index contributed by atoms with van der Waals surface area (Å²) < 4.78 is 0. The number of allylic oxidation sites excluding steroid dienone is 1. The fourth-order valence-electron chi connectivity index (χ4n) is 0.330. The van der Waals surface area contributed by atoms with E-state index in [0.717, 1.165) is 6.67 Å². The maximum atomic E-state index is 3.85. The van der Waals surface area contributed by atoms with Gasteiger partial charge in [0.1, 0.15) is 0 Å². The molecule has 0 aliphatic carbocycles. The van der Waals surface area contributed by atoms with E-state index in [2.05, 4.69) is 10.3 Å². The lowest BCUT2D eigenvalue weighted by atomic mass is 10.6. The molecule has 2 nitrogen and oxygen atoms in total. The molecule has 0 aromatic rings. The van der Waals surface area contributed by atoms with Gasteiger partial charge in [0.05, 0.1) is 0 Å². The highest BCUT2D eigenvalue weighted by molar-refractivity contribution is 5.70. The van der Waals surface area contributed by atoms with Gasteiger partial charge in [0.15, 0.2) is 0 Å². The molecule has 1 aliphatic heterocycles. The van der Waals surface area contributed by atoms with Crippen molar-refractivity contribution in [3.05, 3.63) is 12.3 Å². The first-order valence-electron chi connectivity index (χ1n) is 1.88. The number of aliphatic imine (C=N–C) groups is 1. The van der Waals surface area contributed by atoms with Crippen molar-refractivity contribution in [2.24, 2.45) is 0 Å². The summed E-state index contributed by atoms with van der Waals surface area (Å²) in [7, 11) is 0. The monoisotopic (exact) mass is 82.1 g/mol. The summed E-state index contributed by atoms with van der Waals surface area (Å²) in [5.41, 5.74) is 0. The second kappa shape index (κ2) is 1.60. The van der Waals surface area contributed by atoms with E-state index < -0.39 is 0 Å². The van der Waals surface area contributed by atoms with E-state index in [0.29, 0.717) is 0 Å². The van der Waals surface area contributed by atoms with Crippen LogP contribution in [0.1, 0.15) is 0 Å². The van der Waals surface area contributed by atoms with E-state index in [1.165, 1.54) is 0 Å². The lowest BCUT2D eigenvalue weighted by Gasteiger charge is -1.83. The third-order valence-electron chi connectivity index (χ3n) is 0.588. The van der Waals surface area contributed by atoms with E-state index in [4.69, 9.17) is 0 Å². The molecule has 0 aromatic heterocycles. The van der Waals surface area contributed by atoms with Gasteiger partial charge in [0.2, 0.25) is 6.21 Å². The molecule has 1 radical (unpaired) electrons. The van der Waals surface area contributed by atoms with Gasteiger partial charge in [-0.05, 0) is 0 Å². The lowest BCUT2D eigenvalue weighted by molar-refractivity contribution is 0.821. The van der Waals surface area contributed by atoms with Crippen LogP contribution in [0.15, 0.2) is 12.3 Å². The summed E-state index contributed by atoms with van der Waals surface area (Å²) in [5.74, 6) is 0. The Hall–Kier alpha value is -0.790. The average molecular weight is 82.1 g/mol. The van der Waals surface area contributed by atoms with Crippen molar-refractivity contribution < 1.29 is 0 Å². The first-order chi connectivity index (χ1) is 3.00. The molecule has 1 rings (SSSR count). The molecule has 0 amide bonds. The van der Waals surface area contributed by atoms with Crippen molar-refractivity contribution in [3.63, 3.8) is 0 Å². The van der Waals surface area contributed by atoms with E-state index in [1.54, 1.807) is 6.21 Å². The summed E-state index contributed by atoms with van der Waals surface area (Å²) >= 11 is 0. The molecule has 0 atom stereocenters. The standard InChI is InChI=1S/C4H6N2/c1-2-5-4-6-3-1/h1-3,5H,4H2/q+1. The van der Waals surface area contributed by atoms with Crippen LogP contribution in [0.2, 0.25) is 0 Å². The topological polar surface area (TPSA) is 26.1 Å². The Morgan fingerprint density at radius 2 is 2.67 bits per heavy atom. The molecule has 1 N–H and O–H groups in total. The molecule has 1 heterocycles. The van der Waals surface area contributed by atoms with Crippen LogP contribution in [0.25, 0.3) is 0 Å². The van der Waals surface area contributed by atoms with Gasteiger partial charge in [-0.2, -0.15) is 0 Å². The second-order valence-corrected chi connectivity index (χ2v) is 1.05. The quantitative estimate of drug-likeness (QED) is 0.417. The number of nitrogens with zero attached hydrogens (tertiary/aromatic N) is 1. The minimum absolute atomic E-state index is 0.733. The fourth-order valence-corrected chi connectivity index (χ4v) is 0.330. The highest BCUT2D eigenvalue weighted by atomic mass is 15.0. The van der Waals surface area contributed by atoms with Crippen molar-refractivity contribution in [3.8, 4) is 0 Å². The predicted molar refractivity (Wildman–Crippen MR) is 25.3 cm³/mol.